The van der Waals surface area contributed by atoms with E-state index in [9.17, 15) is 0 Å². The van der Waals surface area contributed by atoms with Crippen molar-refractivity contribution in [3.05, 3.63) is 0 Å². The first-order valence-corrected chi connectivity index (χ1v) is 1.85. The highest BCUT2D eigenvalue weighted by molar-refractivity contribution is 4.12. The van der Waals surface area contributed by atoms with Crippen LogP contribution in [0, 0.1) is 0 Å². The minimum atomic E-state index is 0. The first-order chi connectivity index (χ1) is 3.41. The van der Waals surface area contributed by atoms with Crippen LogP contribution in [0.1, 0.15) is 0 Å². The number of rotatable bonds is 2. The third-order valence-corrected chi connectivity index (χ3v) is 0.295. The van der Waals surface area contributed by atoms with E-state index in [4.69, 9.17) is 5.11 Å². The molecule has 0 rings (SSSR count). The molecule has 0 spiro atoms. The minimum Gasteiger partial charge on any atom is -0.412 e. The minimum absolute atomic E-state index is 0. The summed E-state index contributed by atoms with van der Waals surface area (Å²) >= 11 is 0. The first kappa shape index (κ1) is 15.7. The molecule has 0 aliphatic carbocycles. The highest BCUT2D eigenvalue weighted by Gasteiger charge is 1.67. The molecule has 0 radical (unpaired) electrons. The van der Waals surface area contributed by atoms with Gasteiger partial charge in [-0.1, -0.05) is 0 Å². The molecule has 0 aromatic rings. The summed E-state index contributed by atoms with van der Waals surface area (Å²) in [6.07, 6.45) is 0. The molecule has 0 saturated heterocycles. The van der Waals surface area contributed by atoms with Gasteiger partial charge in [0, 0.05) is 7.11 Å². The van der Waals surface area contributed by atoms with Crippen LogP contribution in [0.2, 0.25) is 0 Å². The van der Waals surface area contributed by atoms with E-state index >= 15 is 0 Å². The molecule has 0 amide bonds. The second kappa shape index (κ2) is 29.2. The molecule has 5 nitrogen and oxygen atoms in total. The Morgan fingerprint density at radius 3 is 1.88 bits per heavy atom. The summed E-state index contributed by atoms with van der Waals surface area (Å²) in [4.78, 5) is 0. The average molecular weight is 126 g/mol. The van der Waals surface area contributed by atoms with Gasteiger partial charge in [0.15, 0.2) is 0 Å². The summed E-state index contributed by atoms with van der Waals surface area (Å²) in [6.45, 7) is 0.566. The molecule has 54 valence electrons. The highest BCUT2D eigenvalue weighted by Crippen LogP contribution is 1.56. The summed E-state index contributed by atoms with van der Waals surface area (Å²) in [6, 6.07) is 0. The lowest BCUT2D eigenvalue weighted by atomic mass is 10.8. The largest absolute Gasteiger partial charge is 0.412 e. The lowest BCUT2D eigenvalue weighted by Gasteiger charge is -1.84. The van der Waals surface area contributed by atoms with Crippen LogP contribution in [0.4, 0.5) is 0 Å². The van der Waals surface area contributed by atoms with E-state index in [-0.39, 0.29) is 12.1 Å². The van der Waals surface area contributed by atoms with Crippen LogP contribution in [0.3, 0.4) is 0 Å². The summed E-state index contributed by atoms with van der Waals surface area (Å²) in [7, 11) is 1.55. The van der Waals surface area contributed by atoms with Crippen molar-refractivity contribution in [1.82, 2.24) is 0 Å². The second-order valence-electron chi connectivity index (χ2n) is 0.716. The van der Waals surface area contributed by atoms with Gasteiger partial charge in [-0.25, -0.2) is 0 Å². The molecule has 0 aliphatic rings. The second-order valence-corrected chi connectivity index (χ2v) is 0.716. The zero-order valence-corrected chi connectivity index (χ0v) is 4.92. The average Bonchev–Trinajstić information content (AvgIpc) is 1.75. The van der Waals surface area contributed by atoms with Crippen molar-refractivity contribution in [2.45, 2.75) is 0 Å². The number of methoxy groups -OCH3 is 1. The van der Waals surface area contributed by atoms with Crippen LogP contribution in [0.25, 0.3) is 0 Å². The van der Waals surface area contributed by atoms with Gasteiger partial charge in [-0.15, -0.1) is 0 Å². The van der Waals surface area contributed by atoms with E-state index in [0.29, 0.717) is 6.61 Å². The number of ether oxygens (including phenoxy) is 1. The topological polar surface area (TPSA) is 113 Å². The van der Waals surface area contributed by atoms with Gasteiger partial charge in [0.25, 0.3) is 0 Å². The fourth-order valence-electron chi connectivity index (χ4n) is 0.0913. The molecule has 0 fully saturated rings. The van der Waals surface area contributed by atoms with Crippen LogP contribution in [0.5, 0.6) is 0 Å². The first-order valence-electron chi connectivity index (χ1n) is 1.85. The van der Waals surface area contributed by atoms with E-state index in [2.05, 4.69) is 16.4 Å². The van der Waals surface area contributed by atoms with Crippen molar-refractivity contribution >= 4 is 0 Å². The van der Waals surface area contributed by atoms with Crippen molar-refractivity contribution in [2.75, 3.05) is 20.3 Å². The van der Waals surface area contributed by atoms with E-state index in [1.165, 1.54) is 0 Å². The van der Waals surface area contributed by atoms with E-state index in [1.54, 1.807) is 7.11 Å². The van der Waals surface area contributed by atoms with Crippen LogP contribution >= 0.6 is 0 Å². The van der Waals surface area contributed by atoms with Gasteiger partial charge in [-0.05, 0) is 0 Å². The van der Waals surface area contributed by atoms with Crippen LogP contribution in [-0.4, -0.2) is 30.9 Å². The lowest BCUT2D eigenvalue weighted by molar-refractivity contribution is 0.135. The van der Waals surface area contributed by atoms with Crippen molar-refractivity contribution in [2.24, 2.45) is 11.7 Å². The van der Waals surface area contributed by atoms with E-state index in [0.717, 1.165) is 0 Å². The Hall–Kier alpha value is -0.200. The molecule has 0 atom stereocenters. The van der Waals surface area contributed by atoms with Crippen LogP contribution in [0.15, 0.2) is 0 Å². The molecule has 0 aromatic heterocycles. The molecule has 0 bridgehead atoms. The lowest BCUT2D eigenvalue weighted by Crippen LogP contribution is -2.02. The monoisotopic (exact) mass is 126 g/mol. The standard InChI is InChI=1S/C3H8O2.H4N2.H2O/c1-5-3-2-4;1-2;/h4H,2-3H2,1H3;1-2H2;1H2. The SMILES string of the molecule is COCCO.NN.O. The molecule has 0 aromatic carbocycles. The van der Waals surface area contributed by atoms with Crippen molar-refractivity contribution in [3.8, 4) is 0 Å². The van der Waals surface area contributed by atoms with Gasteiger partial charge in [-0.2, -0.15) is 0 Å². The zero-order chi connectivity index (χ0) is 6.12. The zero-order valence-electron chi connectivity index (χ0n) is 4.92. The Morgan fingerprint density at radius 2 is 1.88 bits per heavy atom. The van der Waals surface area contributed by atoms with Gasteiger partial charge in [-0.3, -0.25) is 11.7 Å². The number of hydrogen-bond acceptors (Lipinski definition) is 4. The quantitative estimate of drug-likeness (QED) is 0.283. The normalized spacial score (nSPS) is 6.00. The predicted molar refractivity (Wildman–Crippen MR) is 31.0 cm³/mol. The predicted octanol–water partition coefficient (Wildman–Crippen LogP) is -2.38. The number of hydrazine groups is 1. The molecule has 5 heteroatoms. The van der Waals surface area contributed by atoms with Crippen LogP contribution in [-0.2, 0) is 4.74 Å². The summed E-state index contributed by atoms with van der Waals surface area (Å²) in [5, 5.41) is 7.94. The van der Waals surface area contributed by atoms with Crippen molar-refractivity contribution < 1.29 is 15.3 Å². The van der Waals surface area contributed by atoms with Gasteiger partial charge >= 0.3 is 0 Å². The Kier molecular flexibility index (Phi) is 57.1. The summed E-state index contributed by atoms with van der Waals surface area (Å²) < 4.78 is 4.44. The Balaban J connectivity index is -0.0000000750. The molecule has 0 saturated carbocycles. The molecular formula is C3H14N2O3. The number of nitrogens with two attached hydrogens (primary N) is 2. The molecule has 0 aliphatic heterocycles. The fraction of sp³-hybridized carbons (Fsp3) is 1.00. The molecule has 0 heterocycles. The van der Waals surface area contributed by atoms with Gasteiger partial charge in [0.2, 0.25) is 0 Å². The molecule has 8 heavy (non-hydrogen) atoms. The van der Waals surface area contributed by atoms with E-state index < -0.39 is 0 Å². The van der Waals surface area contributed by atoms with Gasteiger partial charge < -0.3 is 15.3 Å². The molecule has 0 unspecified atom stereocenters. The van der Waals surface area contributed by atoms with Crippen molar-refractivity contribution in [1.29, 1.82) is 0 Å². The third-order valence-electron chi connectivity index (χ3n) is 0.295. The van der Waals surface area contributed by atoms with E-state index in [1.807, 2.05) is 0 Å². The fourth-order valence-corrected chi connectivity index (χ4v) is 0.0913. The van der Waals surface area contributed by atoms with Gasteiger partial charge in [0.1, 0.15) is 0 Å². The van der Waals surface area contributed by atoms with Crippen LogP contribution < -0.4 is 11.7 Å². The van der Waals surface area contributed by atoms with Gasteiger partial charge in [0.05, 0.1) is 13.2 Å². The number of aliphatic hydroxyl groups is 1. The third kappa shape index (κ3) is 41.2. The smallest absolute Gasteiger partial charge is 0.0693 e. The van der Waals surface area contributed by atoms with Crippen molar-refractivity contribution in [3.63, 3.8) is 0 Å². The maximum absolute atomic E-state index is 7.94. The maximum atomic E-state index is 7.94. The highest BCUT2D eigenvalue weighted by atomic mass is 16.5. The molecule has 7 N–H and O–H groups in total. The Labute approximate surface area is 48.5 Å². The number of aliphatic hydroxyl groups excluding tert-OH is 1. The molecular weight excluding hydrogens is 112 g/mol. The Bertz CT molecular complexity index is 20.0. The number of hydrogen-bond donors (Lipinski definition) is 3. The summed E-state index contributed by atoms with van der Waals surface area (Å²) in [5.41, 5.74) is 0. The maximum Gasteiger partial charge on any atom is 0.0693 e. The summed E-state index contributed by atoms with van der Waals surface area (Å²) in [5.74, 6) is 8.00. The Morgan fingerprint density at radius 1 is 1.50 bits per heavy atom.